The molecular weight excluding hydrogens is 286 g/mol. The number of carboxylic acid groups (broad SMARTS) is 1. The van der Waals surface area contributed by atoms with E-state index < -0.39 is 11.9 Å². The van der Waals surface area contributed by atoms with Gasteiger partial charge < -0.3 is 9.94 Å². The van der Waals surface area contributed by atoms with Crippen LogP contribution >= 0.6 is 0 Å². The van der Waals surface area contributed by atoms with Crippen molar-refractivity contribution in [3.8, 4) is 5.69 Å². The second kappa shape index (κ2) is 5.30. The van der Waals surface area contributed by atoms with E-state index in [1.54, 1.807) is 36.5 Å². The Kier molecular flexibility index (Phi) is 3.32. The second-order valence-corrected chi connectivity index (χ2v) is 4.58. The molecule has 0 saturated heterocycles. The lowest BCUT2D eigenvalue weighted by Gasteiger charge is -2.02. The molecule has 0 unspecified atom stereocenters. The maximum Gasteiger partial charge on any atom is 0.358 e. The zero-order valence-electron chi connectivity index (χ0n) is 11.3. The number of benzene rings is 2. The van der Waals surface area contributed by atoms with Gasteiger partial charge in [-0.3, -0.25) is 0 Å². The summed E-state index contributed by atoms with van der Waals surface area (Å²) in [6.07, 6.45) is 1.70. The standard InChI is InChI=1S/C15H11N3O4/c16-22-15(21)12-6-2-4-10-8-18(17-13(10)12)11-5-1-3-9(7-11)14(19)20/h1-8H,16H2,(H,19,20). The van der Waals surface area contributed by atoms with Crippen molar-refractivity contribution in [2.24, 2.45) is 5.90 Å². The van der Waals surface area contributed by atoms with Crippen molar-refractivity contribution in [3.63, 3.8) is 0 Å². The highest BCUT2D eigenvalue weighted by Crippen LogP contribution is 2.20. The Morgan fingerprint density at radius 1 is 1.18 bits per heavy atom. The lowest BCUT2D eigenvalue weighted by atomic mass is 10.1. The van der Waals surface area contributed by atoms with Gasteiger partial charge >= 0.3 is 11.9 Å². The quantitative estimate of drug-likeness (QED) is 0.713. The highest BCUT2D eigenvalue weighted by molar-refractivity contribution is 6.02. The van der Waals surface area contributed by atoms with Crippen LogP contribution in [0, 0.1) is 0 Å². The number of aromatic nitrogens is 2. The molecule has 1 aromatic heterocycles. The van der Waals surface area contributed by atoms with Gasteiger partial charge in [-0.15, -0.1) is 0 Å². The van der Waals surface area contributed by atoms with Gasteiger partial charge in [-0.05, 0) is 24.3 Å². The third-order valence-corrected chi connectivity index (χ3v) is 3.22. The Balaban J connectivity index is 2.15. The number of hydrogen-bond donors (Lipinski definition) is 2. The molecule has 22 heavy (non-hydrogen) atoms. The summed E-state index contributed by atoms with van der Waals surface area (Å²) in [5.41, 5.74) is 1.40. The SMILES string of the molecule is NOC(=O)c1cccc2cn(-c3cccc(C(=O)O)c3)nc12. The molecule has 0 aliphatic heterocycles. The van der Waals surface area contributed by atoms with Crippen LogP contribution in [0.25, 0.3) is 16.6 Å². The fourth-order valence-corrected chi connectivity index (χ4v) is 2.19. The third-order valence-electron chi connectivity index (χ3n) is 3.22. The van der Waals surface area contributed by atoms with Gasteiger partial charge in [-0.25, -0.2) is 14.3 Å². The number of nitrogens with zero attached hydrogens (tertiary/aromatic N) is 2. The van der Waals surface area contributed by atoms with Gasteiger partial charge in [0.2, 0.25) is 0 Å². The van der Waals surface area contributed by atoms with Crippen molar-refractivity contribution in [1.82, 2.24) is 9.78 Å². The Morgan fingerprint density at radius 3 is 2.68 bits per heavy atom. The highest BCUT2D eigenvalue weighted by Gasteiger charge is 2.14. The summed E-state index contributed by atoms with van der Waals surface area (Å²) in [6.45, 7) is 0. The molecule has 110 valence electrons. The van der Waals surface area contributed by atoms with Gasteiger partial charge in [-0.1, -0.05) is 18.2 Å². The van der Waals surface area contributed by atoms with E-state index in [0.717, 1.165) is 0 Å². The van der Waals surface area contributed by atoms with Crippen LogP contribution in [0.2, 0.25) is 0 Å². The lowest BCUT2D eigenvalue weighted by Crippen LogP contribution is -2.10. The molecule has 1 heterocycles. The third kappa shape index (κ3) is 2.29. The maximum atomic E-state index is 11.6. The number of carboxylic acids is 1. The second-order valence-electron chi connectivity index (χ2n) is 4.58. The first-order chi connectivity index (χ1) is 10.6. The molecular formula is C15H11N3O4. The summed E-state index contributed by atoms with van der Waals surface area (Å²) in [4.78, 5) is 26.9. The topological polar surface area (TPSA) is 107 Å². The van der Waals surface area contributed by atoms with E-state index in [0.29, 0.717) is 16.6 Å². The first-order valence-electron chi connectivity index (χ1n) is 6.33. The van der Waals surface area contributed by atoms with Crippen LogP contribution in [0.5, 0.6) is 0 Å². The van der Waals surface area contributed by atoms with Crippen molar-refractivity contribution < 1.29 is 19.5 Å². The molecule has 7 nitrogen and oxygen atoms in total. The van der Waals surface area contributed by atoms with Gasteiger partial charge in [0.1, 0.15) is 5.52 Å². The molecule has 3 aromatic rings. The van der Waals surface area contributed by atoms with E-state index in [1.165, 1.54) is 16.8 Å². The minimum Gasteiger partial charge on any atom is -0.478 e. The van der Waals surface area contributed by atoms with E-state index in [2.05, 4.69) is 9.94 Å². The van der Waals surface area contributed by atoms with Crippen LogP contribution in [0.4, 0.5) is 0 Å². The Morgan fingerprint density at radius 2 is 1.95 bits per heavy atom. The summed E-state index contributed by atoms with van der Waals surface area (Å²) in [5, 5.41) is 14.1. The molecule has 0 aliphatic rings. The molecule has 3 rings (SSSR count). The number of carbonyl (C=O) groups excluding carboxylic acids is 1. The van der Waals surface area contributed by atoms with Crippen LogP contribution in [-0.4, -0.2) is 26.8 Å². The summed E-state index contributed by atoms with van der Waals surface area (Å²) in [7, 11) is 0. The van der Waals surface area contributed by atoms with Crippen LogP contribution in [-0.2, 0) is 4.84 Å². The fourth-order valence-electron chi connectivity index (χ4n) is 2.19. The monoisotopic (exact) mass is 297 g/mol. The maximum absolute atomic E-state index is 11.6. The molecule has 0 bridgehead atoms. The van der Waals surface area contributed by atoms with E-state index in [1.807, 2.05) is 0 Å². The first kappa shape index (κ1) is 13.8. The molecule has 0 atom stereocenters. The minimum atomic E-state index is -1.02. The average Bonchev–Trinajstić information content (AvgIpc) is 2.98. The van der Waals surface area contributed by atoms with Crippen molar-refractivity contribution in [2.45, 2.75) is 0 Å². The minimum absolute atomic E-state index is 0.152. The molecule has 3 N–H and O–H groups in total. The molecule has 0 aliphatic carbocycles. The zero-order valence-corrected chi connectivity index (χ0v) is 11.3. The molecule has 2 aromatic carbocycles. The summed E-state index contributed by atoms with van der Waals surface area (Å²) in [5.74, 6) is 3.21. The molecule has 0 amide bonds. The summed E-state index contributed by atoms with van der Waals surface area (Å²) in [6, 6.07) is 11.4. The zero-order chi connectivity index (χ0) is 15.7. The summed E-state index contributed by atoms with van der Waals surface area (Å²) >= 11 is 0. The van der Waals surface area contributed by atoms with Gasteiger partial charge in [0.25, 0.3) is 0 Å². The Bertz CT molecular complexity index is 885. The van der Waals surface area contributed by atoms with Crippen LogP contribution < -0.4 is 5.90 Å². The Labute approximate surface area is 124 Å². The average molecular weight is 297 g/mol. The number of hydrogen-bond acceptors (Lipinski definition) is 5. The van der Waals surface area contributed by atoms with E-state index in [4.69, 9.17) is 11.0 Å². The van der Waals surface area contributed by atoms with Crippen LogP contribution in [0.15, 0.2) is 48.7 Å². The van der Waals surface area contributed by atoms with Crippen molar-refractivity contribution in [2.75, 3.05) is 0 Å². The number of carbonyl (C=O) groups is 2. The van der Waals surface area contributed by atoms with Gasteiger partial charge in [0, 0.05) is 11.6 Å². The van der Waals surface area contributed by atoms with Crippen molar-refractivity contribution >= 4 is 22.8 Å². The van der Waals surface area contributed by atoms with Crippen molar-refractivity contribution in [1.29, 1.82) is 0 Å². The van der Waals surface area contributed by atoms with Crippen molar-refractivity contribution in [3.05, 3.63) is 59.8 Å². The fraction of sp³-hybridized carbons (Fsp3) is 0. The smallest absolute Gasteiger partial charge is 0.358 e. The Hall–Kier alpha value is -3.19. The molecule has 7 heteroatoms. The van der Waals surface area contributed by atoms with Crippen LogP contribution in [0.1, 0.15) is 20.7 Å². The van der Waals surface area contributed by atoms with Crippen LogP contribution in [0.3, 0.4) is 0 Å². The predicted molar refractivity (Wildman–Crippen MR) is 77.6 cm³/mol. The molecule has 0 saturated carbocycles. The largest absolute Gasteiger partial charge is 0.478 e. The molecule has 0 fully saturated rings. The highest BCUT2D eigenvalue weighted by atomic mass is 16.7. The molecule has 0 spiro atoms. The molecule has 0 radical (unpaired) electrons. The van der Waals surface area contributed by atoms with E-state index in [9.17, 15) is 9.59 Å². The van der Waals surface area contributed by atoms with Gasteiger partial charge in [0.15, 0.2) is 0 Å². The van der Waals surface area contributed by atoms with Gasteiger partial charge in [-0.2, -0.15) is 11.0 Å². The predicted octanol–water partition coefficient (Wildman–Crippen LogP) is 1.75. The number of fused-ring (bicyclic) bond motifs is 1. The van der Waals surface area contributed by atoms with E-state index >= 15 is 0 Å². The normalized spacial score (nSPS) is 10.6. The van der Waals surface area contributed by atoms with Gasteiger partial charge in [0.05, 0.1) is 16.8 Å². The lowest BCUT2D eigenvalue weighted by molar-refractivity contribution is 0.0505. The number of nitrogens with two attached hydrogens (primary N) is 1. The number of aromatic carboxylic acids is 1. The van der Waals surface area contributed by atoms with E-state index in [-0.39, 0.29) is 11.1 Å². The first-order valence-corrected chi connectivity index (χ1v) is 6.33. The number of rotatable bonds is 3. The summed E-state index contributed by atoms with van der Waals surface area (Å²) < 4.78 is 1.50.